The molecule has 110 valence electrons. The van der Waals surface area contributed by atoms with Crippen molar-refractivity contribution in [2.45, 2.75) is 5.75 Å². The molecule has 2 N–H and O–H groups in total. The third-order valence-electron chi connectivity index (χ3n) is 2.45. The van der Waals surface area contributed by atoms with E-state index >= 15 is 0 Å². The highest BCUT2D eigenvalue weighted by Gasteiger charge is 2.24. The van der Waals surface area contributed by atoms with Crippen molar-refractivity contribution in [2.24, 2.45) is 5.73 Å². The van der Waals surface area contributed by atoms with Gasteiger partial charge in [-0.25, -0.2) is 8.42 Å². The van der Waals surface area contributed by atoms with E-state index in [4.69, 9.17) is 41.2 Å². The summed E-state index contributed by atoms with van der Waals surface area (Å²) in [6, 6.07) is 4.82. The van der Waals surface area contributed by atoms with Crippen LogP contribution in [0.15, 0.2) is 30.9 Å². The maximum atomic E-state index is 12.4. The maximum Gasteiger partial charge on any atom is 0.219 e. The first-order valence-corrected chi connectivity index (χ1v) is 8.35. The Balaban J connectivity index is 3.08. The molecule has 20 heavy (non-hydrogen) atoms. The van der Waals surface area contributed by atoms with Gasteiger partial charge in [-0.3, -0.25) is 0 Å². The van der Waals surface area contributed by atoms with Crippen LogP contribution in [0.5, 0.6) is 0 Å². The van der Waals surface area contributed by atoms with Crippen LogP contribution in [-0.2, 0) is 15.8 Å². The van der Waals surface area contributed by atoms with E-state index in [2.05, 4.69) is 6.58 Å². The van der Waals surface area contributed by atoms with Crippen molar-refractivity contribution >= 4 is 50.4 Å². The molecular formula is C12H14Cl2N2O2S2. The van der Waals surface area contributed by atoms with Gasteiger partial charge in [-0.1, -0.05) is 47.6 Å². The molecule has 0 aliphatic carbocycles. The summed E-state index contributed by atoms with van der Waals surface area (Å²) in [6.45, 7) is 3.58. The highest BCUT2D eigenvalue weighted by Crippen LogP contribution is 2.27. The zero-order chi connectivity index (χ0) is 15.3. The Labute approximate surface area is 134 Å². The third kappa shape index (κ3) is 4.71. The molecule has 4 nitrogen and oxygen atoms in total. The lowest BCUT2D eigenvalue weighted by atomic mass is 10.2. The lowest BCUT2D eigenvalue weighted by Crippen LogP contribution is -2.38. The van der Waals surface area contributed by atoms with Crippen molar-refractivity contribution in [1.82, 2.24) is 4.31 Å². The quantitative estimate of drug-likeness (QED) is 0.605. The topological polar surface area (TPSA) is 63.4 Å². The lowest BCUT2D eigenvalue weighted by molar-refractivity contribution is 0.481. The monoisotopic (exact) mass is 352 g/mol. The van der Waals surface area contributed by atoms with Gasteiger partial charge in [0.05, 0.1) is 17.3 Å². The van der Waals surface area contributed by atoms with E-state index in [9.17, 15) is 8.42 Å². The van der Waals surface area contributed by atoms with Crippen LogP contribution in [0.3, 0.4) is 0 Å². The zero-order valence-corrected chi connectivity index (χ0v) is 13.7. The molecule has 1 rings (SSSR count). The van der Waals surface area contributed by atoms with Crippen LogP contribution >= 0.6 is 35.4 Å². The normalized spacial score (nSPS) is 11.6. The number of nitrogens with zero attached hydrogens (tertiary/aromatic N) is 1. The van der Waals surface area contributed by atoms with Crippen LogP contribution < -0.4 is 5.73 Å². The van der Waals surface area contributed by atoms with E-state index in [1.165, 1.54) is 6.08 Å². The second kappa shape index (κ2) is 7.38. The highest BCUT2D eigenvalue weighted by atomic mass is 35.5. The van der Waals surface area contributed by atoms with Gasteiger partial charge in [-0.05, 0) is 12.1 Å². The second-order valence-electron chi connectivity index (χ2n) is 4.00. The summed E-state index contributed by atoms with van der Waals surface area (Å²) < 4.78 is 25.9. The van der Waals surface area contributed by atoms with Gasteiger partial charge in [0.15, 0.2) is 0 Å². The van der Waals surface area contributed by atoms with Gasteiger partial charge in [-0.15, -0.1) is 6.58 Å². The Morgan fingerprint density at radius 1 is 1.40 bits per heavy atom. The van der Waals surface area contributed by atoms with Crippen molar-refractivity contribution in [1.29, 1.82) is 0 Å². The van der Waals surface area contributed by atoms with Crippen LogP contribution in [0.2, 0.25) is 10.0 Å². The van der Waals surface area contributed by atoms with Gasteiger partial charge >= 0.3 is 0 Å². The first-order valence-electron chi connectivity index (χ1n) is 5.58. The fourth-order valence-electron chi connectivity index (χ4n) is 1.54. The van der Waals surface area contributed by atoms with Crippen LogP contribution in [0, 0.1) is 0 Å². The van der Waals surface area contributed by atoms with E-state index in [1.807, 2.05) is 0 Å². The summed E-state index contributed by atoms with van der Waals surface area (Å²) in [6.07, 6.45) is 1.46. The van der Waals surface area contributed by atoms with Crippen molar-refractivity contribution in [3.05, 3.63) is 46.5 Å². The van der Waals surface area contributed by atoms with E-state index in [0.29, 0.717) is 15.6 Å². The maximum absolute atomic E-state index is 12.4. The average molecular weight is 353 g/mol. The van der Waals surface area contributed by atoms with Gasteiger partial charge in [0.25, 0.3) is 0 Å². The van der Waals surface area contributed by atoms with Gasteiger partial charge < -0.3 is 5.73 Å². The number of sulfonamides is 1. The van der Waals surface area contributed by atoms with Crippen molar-refractivity contribution < 1.29 is 8.42 Å². The first-order chi connectivity index (χ1) is 9.27. The number of halogens is 2. The molecule has 0 fully saturated rings. The molecule has 0 saturated heterocycles. The molecule has 0 radical (unpaired) electrons. The zero-order valence-electron chi connectivity index (χ0n) is 10.6. The Kier molecular flexibility index (Phi) is 6.42. The number of hydrogen-bond donors (Lipinski definition) is 1. The fourth-order valence-corrected chi connectivity index (χ4v) is 3.99. The SMILES string of the molecule is C=CCN(CC(N)=S)S(=O)(=O)Cc1c(Cl)cccc1Cl. The van der Waals surface area contributed by atoms with E-state index in [0.717, 1.165) is 4.31 Å². The second-order valence-corrected chi connectivity index (χ2v) is 7.31. The molecule has 1 aromatic carbocycles. The average Bonchev–Trinajstić information content (AvgIpc) is 2.33. The van der Waals surface area contributed by atoms with Gasteiger partial charge in [0, 0.05) is 22.2 Å². The molecule has 0 saturated carbocycles. The van der Waals surface area contributed by atoms with Gasteiger partial charge in [0.1, 0.15) is 0 Å². The van der Waals surface area contributed by atoms with Crippen molar-refractivity contribution in [2.75, 3.05) is 13.1 Å². The van der Waals surface area contributed by atoms with Crippen molar-refractivity contribution in [3.63, 3.8) is 0 Å². The Hall–Kier alpha value is -0.660. The van der Waals surface area contributed by atoms with E-state index < -0.39 is 10.0 Å². The third-order valence-corrected chi connectivity index (χ3v) is 5.00. The highest BCUT2D eigenvalue weighted by molar-refractivity contribution is 7.88. The minimum absolute atomic E-state index is 0.0498. The standard InChI is InChI=1S/C12H14Cl2N2O2S2/c1-2-6-16(7-12(15)19)20(17,18)8-9-10(13)4-3-5-11(9)14/h2-5H,1,6-8H2,(H2,15,19). The summed E-state index contributed by atoms with van der Waals surface area (Å²) in [4.78, 5) is 0.0840. The smallest absolute Gasteiger partial charge is 0.219 e. The summed E-state index contributed by atoms with van der Waals surface area (Å²) >= 11 is 16.7. The summed E-state index contributed by atoms with van der Waals surface area (Å²) in [7, 11) is -3.65. The Morgan fingerprint density at radius 3 is 2.40 bits per heavy atom. The van der Waals surface area contributed by atoms with E-state index in [-0.39, 0.29) is 23.8 Å². The summed E-state index contributed by atoms with van der Waals surface area (Å²) in [5.74, 6) is -0.318. The van der Waals surface area contributed by atoms with Crippen LogP contribution in [0.4, 0.5) is 0 Å². The van der Waals surface area contributed by atoms with E-state index in [1.54, 1.807) is 18.2 Å². The van der Waals surface area contributed by atoms with Crippen LogP contribution in [-0.4, -0.2) is 30.8 Å². The summed E-state index contributed by atoms with van der Waals surface area (Å²) in [5.41, 5.74) is 5.77. The Bertz CT molecular complexity index is 598. The lowest BCUT2D eigenvalue weighted by Gasteiger charge is -2.20. The number of hydrogen-bond acceptors (Lipinski definition) is 3. The molecule has 0 aliphatic heterocycles. The molecule has 0 amide bonds. The van der Waals surface area contributed by atoms with Gasteiger partial charge in [0.2, 0.25) is 10.0 Å². The molecule has 0 spiro atoms. The predicted octanol–water partition coefficient (Wildman–Crippen LogP) is 2.60. The molecule has 8 heteroatoms. The predicted molar refractivity (Wildman–Crippen MR) is 87.6 cm³/mol. The number of rotatable bonds is 7. The molecule has 0 heterocycles. The number of nitrogens with two attached hydrogens (primary N) is 1. The van der Waals surface area contributed by atoms with Crippen LogP contribution in [0.25, 0.3) is 0 Å². The van der Waals surface area contributed by atoms with Gasteiger partial charge in [-0.2, -0.15) is 4.31 Å². The minimum atomic E-state index is -3.65. The van der Waals surface area contributed by atoms with Crippen LogP contribution in [0.1, 0.15) is 5.56 Å². The first kappa shape index (κ1) is 17.4. The molecule has 0 unspecified atom stereocenters. The number of benzene rings is 1. The largest absolute Gasteiger partial charge is 0.392 e. The number of thiocarbonyl (C=S) groups is 1. The minimum Gasteiger partial charge on any atom is -0.392 e. The molecule has 0 aliphatic rings. The molecule has 0 bridgehead atoms. The molecular weight excluding hydrogens is 339 g/mol. The molecule has 0 atom stereocenters. The van der Waals surface area contributed by atoms with Crippen molar-refractivity contribution in [3.8, 4) is 0 Å². The fraction of sp³-hybridized carbons (Fsp3) is 0.250. The molecule has 0 aromatic heterocycles. The Morgan fingerprint density at radius 2 is 1.95 bits per heavy atom. The summed E-state index contributed by atoms with van der Waals surface area (Å²) in [5, 5.41) is 0.602. The molecule has 1 aromatic rings.